The van der Waals surface area contributed by atoms with Gasteiger partial charge in [-0.1, -0.05) is 20.3 Å². The number of fused-ring (bicyclic) bond motifs is 4. The number of nitrogens with zero attached hydrogens (tertiary/aromatic N) is 3. The van der Waals surface area contributed by atoms with E-state index in [0.29, 0.717) is 5.92 Å². The number of aromatic nitrogens is 3. The zero-order valence-electron chi connectivity index (χ0n) is 17.0. The topological polar surface area (TPSA) is 97.1 Å². The van der Waals surface area contributed by atoms with Crippen LogP contribution in [0.5, 0.6) is 0 Å². The molecule has 1 unspecified atom stereocenters. The summed E-state index contributed by atoms with van der Waals surface area (Å²) in [5, 5.41) is 14.6. The number of rotatable bonds is 1. The fraction of sp³-hybridized carbons (Fsp3) is 0.500. The molecule has 2 aromatic rings. The Hall–Kier alpha value is -2.91. The number of aliphatic carboxylic acids is 1. The molecular formula is C20H25F3N4O3. The Bertz CT molecular complexity index is 894. The summed E-state index contributed by atoms with van der Waals surface area (Å²) in [4.78, 5) is 26.1. The molecule has 0 saturated heterocycles. The van der Waals surface area contributed by atoms with E-state index in [2.05, 4.69) is 35.3 Å². The summed E-state index contributed by atoms with van der Waals surface area (Å²) in [5.41, 5.74) is 3.86. The van der Waals surface area contributed by atoms with E-state index in [4.69, 9.17) is 9.90 Å². The Morgan fingerprint density at radius 1 is 1.33 bits per heavy atom. The predicted molar refractivity (Wildman–Crippen MR) is 105 cm³/mol. The number of carboxylic acid groups (broad SMARTS) is 1. The lowest BCUT2D eigenvalue weighted by Gasteiger charge is -2.21. The number of aryl methyl sites for hydroxylation is 2. The Morgan fingerprint density at radius 2 is 2.00 bits per heavy atom. The molecule has 1 aliphatic heterocycles. The average Bonchev–Trinajstić information content (AvgIpc) is 3.00. The monoisotopic (exact) mass is 426 g/mol. The van der Waals surface area contributed by atoms with Crippen LogP contribution in [0.4, 0.5) is 18.9 Å². The summed E-state index contributed by atoms with van der Waals surface area (Å²) in [6.07, 6.45) is 2.46. The lowest BCUT2D eigenvalue weighted by molar-refractivity contribution is -0.192. The number of carboxylic acids is 1. The van der Waals surface area contributed by atoms with Crippen molar-refractivity contribution in [1.29, 1.82) is 0 Å². The van der Waals surface area contributed by atoms with Gasteiger partial charge in [0.2, 0.25) is 5.91 Å². The quantitative estimate of drug-likeness (QED) is 0.717. The van der Waals surface area contributed by atoms with Crippen molar-refractivity contribution in [2.45, 2.75) is 45.7 Å². The second-order valence-electron chi connectivity index (χ2n) is 7.45. The van der Waals surface area contributed by atoms with Crippen LogP contribution in [0.3, 0.4) is 0 Å². The average molecular weight is 426 g/mol. The number of carbonyl (C=O) groups is 2. The van der Waals surface area contributed by atoms with Gasteiger partial charge in [0.15, 0.2) is 0 Å². The van der Waals surface area contributed by atoms with Crippen molar-refractivity contribution in [1.82, 2.24) is 14.8 Å². The third-order valence-electron chi connectivity index (χ3n) is 4.87. The molecule has 3 rings (SSSR count). The molecule has 3 heterocycles. The van der Waals surface area contributed by atoms with Crippen molar-refractivity contribution in [3.05, 3.63) is 30.2 Å². The summed E-state index contributed by atoms with van der Waals surface area (Å²) in [7, 11) is 1.90. The summed E-state index contributed by atoms with van der Waals surface area (Å²) in [6.45, 7) is 4.23. The van der Waals surface area contributed by atoms with Crippen molar-refractivity contribution >= 4 is 17.6 Å². The highest BCUT2D eigenvalue weighted by Gasteiger charge is 2.38. The van der Waals surface area contributed by atoms with Crippen molar-refractivity contribution < 1.29 is 27.9 Å². The maximum Gasteiger partial charge on any atom is 0.490 e. The highest BCUT2D eigenvalue weighted by atomic mass is 19.4. The molecule has 164 valence electrons. The molecule has 1 atom stereocenters. The molecule has 0 aliphatic carbocycles. The lowest BCUT2D eigenvalue weighted by Crippen LogP contribution is -2.27. The Morgan fingerprint density at radius 3 is 2.60 bits per heavy atom. The summed E-state index contributed by atoms with van der Waals surface area (Å²) >= 11 is 0. The molecule has 10 heteroatoms. The van der Waals surface area contributed by atoms with Gasteiger partial charge >= 0.3 is 12.1 Å². The highest BCUT2D eigenvalue weighted by molar-refractivity contribution is 5.96. The summed E-state index contributed by atoms with van der Waals surface area (Å²) in [6, 6.07) is 4.08. The Labute approximate surface area is 172 Å². The molecule has 1 aliphatic rings. The van der Waals surface area contributed by atoms with Gasteiger partial charge < -0.3 is 10.4 Å². The fourth-order valence-electron chi connectivity index (χ4n) is 3.30. The second kappa shape index (κ2) is 9.73. The molecule has 7 nitrogen and oxygen atoms in total. The van der Waals surface area contributed by atoms with Gasteiger partial charge in [0, 0.05) is 30.4 Å². The van der Waals surface area contributed by atoms with Crippen LogP contribution >= 0.6 is 0 Å². The molecule has 0 saturated carbocycles. The van der Waals surface area contributed by atoms with Gasteiger partial charge in [0.25, 0.3) is 0 Å². The van der Waals surface area contributed by atoms with Gasteiger partial charge in [-0.15, -0.1) is 0 Å². The zero-order chi connectivity index (χ0) is 22.5. The van der Waals surface area contributed by atoms with Gasteiger partial charge in [-0.2, -0.15) is 18.3 Å². The van der Waals surface area contributed by atoms with Crippen LogP contribution in [0.25, 0.3) is 11.3 Å². The van der Waals surface area contributed by atoms with Crippen LogP contribution in [0.1, 0.15) is 38.8 Å². The van der Waals surface area contributed by atoms with Crippen molar-refractivity contribution in [2.24, 2.45) is 18.9 Å². The number of halogens is 3. The minimum atomic E-state index is -5.08. The SMILES string of the molecule is CC(C)C1CCCCc2cc(ccn2)-c2c(cnn2C)NC1=O.O=C(O)C(F)(F)F. The van der Waals surface area contributed by atoms with Gasteiger partial charge in [0.1, 0.15) is 0 Å². The van der Waals surface area contributed by atoms with E-state index in [-0.39, 0.29) is 11.8 Å². The number of anilines is 1. The van der Waals surface area contributed by atoms with Gasteiger partial charge in [-0.05, 0) is 37.3 Å². The van der Waals surface area contributed by atoms with Gasteiger partial charge in [0.05, 0.1) is 17.6 Å². The van der Waals surface area contributed by atoms with Crippen molar-refractivity contribution in [3.8, 4) is 11.3 Å². The molecule has 2 bridgehead atoms. The van der Waals surface area contributed by atoms with E-state index in [1.807, 2.05) is 24.0 Å². The molecule has 0 spiro atoms. The Balaban J connectivity index is 0.000000396. The largest absolute Gasteiger partial charge is 0.490 e. The Kier molecular flexibility index (Phi) is 7.58. The smallest absolute Gasteiger partial charge is 0.475 e. The third-order valence-corrected chi connectivity index (χ3v) is 4.87. The minimum Gasteiger partial charge on any atom is -0.475 e. The number of alkyl halides is 3. The first-order valence-corrected chi connectivity index (χ1v) is 9.59. The van der Waals surface area contributed by atoms with E-state index in [9.17, 15) is 18.0 Å². The molecule has 0 radical (unpaired) electrons. The summed E-state index contributed by atoms with van der Waals surface area (Å²) < 4.78 is 33.5. The van der Waals surface area contributed by atoms with Gasteiger partial charge in [-0.3, -0.25) is 14.5 Å². The van der Waals surface area contributed by atoms with Crippen LogP contribution in [-0.4, -0.2) is 37.9 Å². The van der Waals surface area contributed by atoms with E-state index in [0.717, 1.165) is 48.3 Å². The molecule has 30 heavy (non-hydrogen) atoms. The molecule has 1 amide bonds. The van der Waals surface area contributed by atoms with Crippen LogP contribution in [-0.2, 0) is 23.1 Å². The van der Waals surface area contributed by atoms with E-state index in [1.54, 1.807) is 6.20 Å². The van der Waals surface area contributed by atoms with Crippen LogP contribution in [0.2, 0.25) is 0 Å². The van der Waals surface area contributed by atoms with E-state index < -0.39 is 12.1 Å². The number of pyridine rings is 1. The van der Waals surface area contributed by atoms with Crippen LogP contribution in [0.15, 0.2) is 24.5 Å². The molecule has 0 fully saturated rings. The first kappa shape index (κ1) is 23.4. The van der Waals surface area contributed by atoms with Crippen LogP contribution < -0.4 is 5.32 Å². The summed E-state index contributed by atoms with van der Waals surface area (Å²) in [5.74, 6) is -2.29. The highest BCUT2D eigenvalue weighted by Crippen LogP contribution is 2.30. The normalized spacial score (nSPS) is 17.0. The second-order valence-corrected chi connectivity index (χ2v) is 7.45. The first-order chi connectivity index (χ1) is 14.0. The number of amides is 1. The maximum absolute atomic E-state index is 12.7. The molecule has 2 N–H and O–H groups in total. The predicted octanol–water partition coefficient (Wildman–Crippen LogP) is 4.05. The molecular weight excluding hydrogens is 401 g/mol. The third kappa shape index (κ3) is 6.04. The number of hydrogen-bond donors (Lipinski definition) is 2. The first-order valence-electron chi connectivity index (χ1n) is 9.59. The molecule has 2 aromatic heterocycles. The van der Waals surface area contributed by atoms with Crippen molar-refractivity contribution in [2.75, 3.05) is 5.32 Å². The van der Waals surface area contributed by atoms with Crippen molar-refractivity contribution in [3.63, 3.8) is 0 Å². The van der Waals surface area contributed by atoms with Crippen LogP contribution in [0, 0.1) is 11.8 Å². The number of nitrogens with one attached hydrogen (secondary N) is 1. The molecule has 0 aromatic carbocycles. The van der Waals surface area contributed by atoms with Gasteiger partial charge in [-0.25, -0.2) is 4.79 Å². The number of carbonyl (C=O) groups excluding carboxylic acids is 1. The fourth-order valence-corrected chi connectivity index (χ4v) is 3.30. The van der Waals surface area contributed by atoms with E-state index >= 15 is 0 Å². The zero-order valence-corrected chi connectivity index (χ0v) is 17.0. The lowest BCUT2D eigenvalue weighted by atomic mass is 9.89. The minimum absolute atomic E-state index is 0.0359. The maximum atomic E-state index is 12.7. The standard InChI is InChI=1S/C18H24N4O.C2HF3O2/c1-12(2)15-7-5-4-6-14-10-13(8-9-19-14)17-16(21-18(15)23)11-20-22(17)3;3-2(4,5)1(6)7/h8-12,15H,4-7H2,1-3H3,(H,21,23);(H,6,7). The number of hydrogen-bond acceptors (Lipinski definition) is 4. The van der Waals surface area contributed by atoms with E-state index in [1.165, 1.54) is 0 Å².